The van der Waals surface area contributed by atoms with Crippen LogP contribution in [-0.4, -0.2) is 29.7 Å². The number of hydrogen-bond acceptors (Lipinski definition) is 6. The average molecular weight is 535 g/mol. The molecule has 2 aromatic heterocycles. The minimum Gasteiger partial charge on any atom is -0.493 e. The van der Waals surface area contributed by atoms with E-state index in [0.717, 1.165) is 22.3 Å². The quantitative estimate of drug-likeness (QED) is 0.244. The number of hydrogen-bond donors (Lipinski definition) is 0. The molecule has 6 nitrogen and oxygen atoms in total. The van der Waals surface area contributed by atoms with Gasteiger partial charge in [0.15, 0.2) is 16.5 Å². The van der Waals surface area contributed by atoms with Crippen molar-refractivity contribution in [2.45, 2.75) is 26.2 Å². The molecule has 37 heavy (non-hydrogen) atoms. The van der Waals surface area contributed by atoms with Gasteiger partial charge in [-0.2, -0.15) is 0 Å². The molecule has 0 spiro atoms. The van der Waals surface area contributed by atoms with Crippen molar-refractivity contribution in [3.8, 4) is 17.2 Å². The van der Waals surface area contributed by atoms with Crippen LogP contribution in [0.4, 0.5) is 0 Å². The maximum atomic E-state index is 13.1. The molecular weight excluding hydrogens is 508 g/mol. The number of aromatic nitrogens is 2. The highest BCUT2D eigenvalue weighted by molar-refractivity contribution is 7.15. The van der Waals surface area contributed by atoms with Crippen LogP contribution in [0.3, 0.4) is 0 Å². The summed E-state index contributed by atoms with van der Waals surface area (Å²) in [6.45, 7) is 7.18. The van der Waals surface area contributed by atoms with Crippen LogP contribution in [-0.2, 0) is 5.41 Å². The third-order valence-electron chi connectivity index (χ3n) is 6.01. The fraction of sp³-hybridized carbons (Fsp3) is 0.241. The molecular formula is C29H27ClN2O4S. The van der Waals surface area contributed by atoms with Gasteiger partial charge in [0, 0.05) is 0 Å². The monoisotopic (exact) mass is 534 g/mol. The van der Waals surface area contributed by atoms with Crippen molar-refractivity contribution >= 4 is 45.0 Å². The first-order chi connectivity index (χ1) is 17.7. The van der Waals surface area contributed by atoms with Crippen molar-refractivity contribution in [2.75, 3.05) is 20.3 Å². The number of fused-ring (bicyclic) bond motifs is 3. The number of nitrogens with zero attached hydrogens (tertiary/aromatic N) is 2. The van der Waals surface area contributed by atoms with E-state index in [4.69, 9.17) is 25.8 Å². The van der Waals surface area contributed by atoms with Gasteiger partial charge in [0.2, 0.25) is 0 Å². The number of methoxy groups -OCH3 is 1. The van der Waals surface area contributed by atoms with E-state index < -0.39 is 0 Å². The number of para-hydroxylation sites is 2. The molecule has 0 atom stereocenters. The molecule has 0 aliphatic rings. The Morgan fingerprint density at radius 2 is 1.76 bits per heavy atom. The third-order valence-corrected chi connectivity index (χ3v) is 7.26. The molecule has 0 aliphatic heterocycles. The predicted octanol–water partition coefficient (Wildman–Crippen LogP) is 5.87. The Labute approximate surface area is 223 Å². The minimum absolute atomic E-state index is 0.0942. The van der Waals surface area contributed by atoms with Crippen LogP contribution in [0.25, 0.3) is 22.1 Å². The largest absolute Gasteiger partial charge is 0.493 e. The number of thiazole rings is 1. The van der Waals surface area contributed by atoms with Crippen molar-refractivity contribution in [1.82, 2.24) is 9.38 Å². The SMILES string of the molecule is COc1cc(/C=c2\sc3nc4ccccc4n3c2=O)cc(Cl)c1OCCOc1ccc(C(C)(C)C)cc1. The standard InChI is InChI=1S/C29H27ClN2O4S/c1-29(2,3)19-9-11-20(12-10-19)35-13-14-36-26-21(30)15-18(16-24(26)34-4)17-25-27(33)32-23-8-6-5-7-22(23)31-28(32)37-25/h5-12,15-17H,13-14H2,1-4H3/b25-17-. The number of ether oxygens (including phenoxy) is 3. The Hall–Kier alpha value is -3.55. The zero-order chi connectivity index (χ0) is 26.2. The maximum absolute atomic E-state index is 13.1. The second-order valence-corrected chi connectivity index (χ2v) is 11.1. The van der Waals surface area contributed by atoms with Crippen LogP contribution in [0.15, 0.2) is 65.5 Å². The van der Waals surface area contributed by atoms with Gasteiger partial charge in [-0.3, -0.25) is 4.79 Å². The molecule has 0 N–H and O–H groups in total. The Kier molecular flexibility index (Phi) is 6.84. The van der Waals surface area contributed by atoms with Crippen LogP contribution in [0.2, 0.25) is 5.02 Å². The normalized spacial score (nSPS) is 12.4. The van der Waals surface area contributed by atoms with E-state index in [-0.39, 0.29) is 11.0 Å². The summed E-state index contributed by atoms with van der Waals surface area (Å²) < 4.78 is 19.5. The molecule has 0 amide bonds. The van der Waals surface area contributed by atoms with Gasteiger partial charge in [-0.25, -0.2) is 9.38 Å². The van der Waals surface area contributed by atoms with Crippen LogP contribution in [0, 0.1) is 0 Å². The molecule has 3 aromatic carbocycles. The predicted molar refractivity (Wildman–Crippen MR) is 150 cm³/mol. The summed E-state index contributed by atoms with van der Waals surface area (Å²) in [6.07, 6.45) is 1.79. The summed E-state index contributed by atoms with van der Waals surface area (Å²) >= 11 is 7.89. The zero-order valence-electron chi connectivity index (χ0n) is 21.1. The van der Waals surface area contributed by atoms with Crippen molar-refractivity contribution in [1.29, 1.82) is 0 Å². The molecule has 0 bridgehead atoms. The highest BCUT2D eigenvalue weighted by atomic mass is 35.5. The van der Waals surface area contributed by atoms with Crippen LogP contribution in [0.5, 0.6) is 17.2 Å². The van der Waals surface area contributed by atoms with Gasteiger partial charge in [0.25, 0.3) is 5.56 Å². The van der Waals surface area contributed by atoms with Crippen LogP contribution >= 0.6 is 22.9 Å². The molecule has 5 aromatic rings. The summed E-state index contributed by atoms with van der Waals surface area (Å²) in [5.41, 5.74) is 3.56. The second-order valence-electron chi connectivity index (χ2n) is 9.64. The van der Waals surface area contributed by atoms with E-state index in [1.165, 1.54) is 16.9 Å². The number of halogens is 1. The Morgan fingerprint density at radius 3 is 2.49 bits per heavy atom. The highest BCUT2D eigenvalue weighted by Crippen LogP contribution is 2.36. The van der Waals surface area contributed by atoms with Gasteiger partial charge in [0.1, 0.15) is 19.0 Å². The van der Waals surface area contributed by atoms with Gasteiger partial charge >= 0.3 is 0 Å². The first-order valence-electron chi connectivity index (χ1n) is 11.9. The number of imidazole rings is 1. The fourth-order valence-electron chi connectivity index (χ4n) is 4.08. The summed E-state index contributed by atoms with van der Waals surface area (Å²) in [4.78, 5) is 18.3. The van der Waals surface area contributed by atoms with Crippen molar-refractivity contribution in [3.63, 3.8) is 0 Å². The van der Waals surface area contributed by atoms with Gasteiger partial charge in [-0.15, -0.1) is 0 Å². The number of benzene rings is 3. The van der Waals surface area contributed by atoms with Gasteiger partial charge in [-0.05, 0) is 59.0 Å². The van der Waals surface area contributed by atoms with E-state index in [2.05, 4.69) is 37.9 Å². The number of rotatable bonds is 7. The molecule has 0 radical (unpaired) electrons. The van der Waals surface area contributed by atoms with Gasteiger partial charge in [0.05, 0.1) is 27.7 Å². The van der Waals surface area contributed by atoms with E-state index in [1.807, 2.05) is 36.4 Å². The molecule has 0 aliphatic carbocycles. The molecule has 2 heterocycles. The topological polar surface area (TPSA) is 62.1 Å². The molecule has 5 rings (SSSR count). The summed E-state index contributed by atoms with van der Waals surface area (Å²) in [5, 5.41) is 0.388. The molecule has 190 valence electrons. The molecule has 0 saturated heterocycles. The van der Waals surface area contributed by atoms with Crippen LogP contribution in [0.1, 0.15) is 31.9 Å². The van der Waals surface area contributed by atoms with Crippen molar-refractivity contribution < 1.29 is 14.2 Å². The van der Waals surface area contributed by atoms with Gasteiger partial charge < -0.3 is 14.2 Å². The lowest BCUT2D eigenvalue weighted by Crippen LogP contribution is -2.22. The molecule has 0 unspecified atom stereocenters. The maximum Gasteiger partial charge on any atom is 0.274 e. The van der Waals surface area contributed by atoms with Gasteiger partial charge in [-0.1, -0.05) is 68.0 Å². The molecule has 0 saturated carbocycles. The van der Waals surface area contributed by atoms with Crippen LogP contribution < -0.4 is 24.3 Å². The lowest BCUT2D eigenvalue weighted by Gasteiger charge is -2.19. The highest BCUT2D eigenvalue weighted by Gasteiger charge is 2.15. The van der Waals surface area contributed by atoms with E-state index >= 15 is 0 Å². The Balaban J connectivity index is 1.32. The molecule has 0 fully saturated rings. The fourth-order valence-corrected chi connectivity index (χ4v) is 5.34. The smallest absolute Gasteiger partial charge is 0.274 e. The Morgan fingerprint density at radius 1 is 1.03 bits per heavy atom. The lowest BCUT2D eigenvalue weighted by molar-refractivity contribution is 0.211. The zero-order valence-corrected chi connectivity index (χ0v) is 22.7. The first-order valence-corrected chi connectivity index (χ1v) is 13.1. The van der Waals surface area contributed by atoms with E-state index in [9.17, 15) is 4.79 Å². The lowest BCUT2D eigenvalue weighted by atomic mass is 9.87. The Bertz CT molecular complexity index is 1680. The van der Waals surface area contributed by atoms with Crippen molar-refractivity contribution in [3.05, 3.63) is 91.7 Å². The minimum atomic E-state index is -0.114. The van der Waals surface area contributed by atoms with E-state index in [0.29, 0.717) is 39.2 Å². The summed E-state index contributed by atoms with van der Waals surface area (Å²) in [5.74, 6) is 1.69. The third kappa shape index (κ3) is 5.15. The van der Waals surface area contributed by atoms with E-state index in [1.54, 1.807) is 29.7 Å². The summed E-state index contributed by atoms with van der Waals surface area (Å²) in [7, 11) is 1.56. The first kappa shape index (κ1) is 25.1. The average Bonchev–Trinajstić information content (AvgIpc) is 3.38. The van der Waals surface area contributed by atoms with Crippen molar-refractivity contribution in [2.24, 2.45) is 0 Å². The molecule has 8 heteroatoms. The second kappa shape index (κ2) is 10.1. The summed E-state index contributed by atoms with van der Waals surface area (Å²) in [6, 6.07) is 19.2.